The Kier molecular flexibility index (Phi) is 8.21. The van der Waals surface area contributed by atoms with Crippen LogP contribution in [0.1, 0.15) is 48.7 Å². The molecule has 0 aliphatic heterocycles. The summed E-state index contributed by atoms with van der Waals surface area (Å²) < 4.78 is 0. The maximum absolute atomic E-state index is 11.8. The van der Waals surface area contributed by atoms with Gasteiger partial charge >= 0.3 is 5.97 Å². The lowest BCUT2D eigenvalue weighted by molar-refractivity contribution is -0.137. The molecule has 1 heterocycles. The Balaban J connectivity index is 2.11. The molecule has 0 fully saturated rings. The van der Waals surface area contributed by atoms with E-state index in [-0.39, 0.29) is 18.2 Å². The minimum Gasteiger partial charge on any atom is -0.481 e. The highest BCUT2D eigenvalue weighted by molar-refractivity contribution is 7.12. The molecule has 2 amide bonds. The molecule has 0 bridgehead atoms. The van der Waals surface area contributed by atoms with Gasteiger partial charge in [-0.3, -0.25) is 14.4 Å². The number of aliphatic carboxylic acids is 1. The number of carbonyl (C=O) groups excluding carboxylic acids is 2. The first-order chi connectivity index (χ1) is 10.5. The van der Waals surface area contributed by atoms with E-state index in [4.69, 9.17) is 5.11 Å². The molecule has 0 aromatic carbocycles. The van der Waals surface area contributed by atoms with Crippen LogP contribution >= 0.6 is 11.3 Å². The van der Waals surface area contributed by atoms with E-state index in [1.54, 1.807) is 19.1 Å². The highest BCUT2D eigenvalue weighted by Gasteiger charge is 2.16. The molecule has 0 aliphatic rings. The van der Waals surface area contributed by atoms with Crippen LogP contribution in [-0.4, -0.2) is 35.5 Å². The molecule has 1 unspecified atom stereocenters. The van der Waals surface area contributed by atoms with Crippen LogP contribution in [0.5, 0.6) is 0 Å². The number of carboxylic acid groups (broad SMARTS) is 1. The Labute approximate surface area is 133 Å². The van der Waals surface area contributed by atoms with Crippen molar-refractivity contribution in [2.45, 2.75) is 45.1 Å². The second kappa shape index (κ2) is 9.94. The highest BCUT2D eigenvalue weighted by Crippen LogP contribution is 2.08. The van der Waals surface area contributed by atoms with E-state index >= 15 is 0 Å². The second-order valence-electron chi connectivity index (χ2n) is 5.02. The highest BCUT2D eigenvalue weighted by atomic mass is 32.1. The van der Waals surface area contributed by atoms with Gasteiger partial charge in [0.25, 0.3) is 5.91 Å². The summed E-state index contributed by atoms with van der Waals surface area (Å²) in [5.41, 5.74) is 0. The van der Waals surface area contributed by atoms with E-state index in [0.717, 1.165) is 19.3 Å². The van der Waals surface area contributed by atoms with Gasteiger partial charge in [-0.1, -0.05) is 18.9 Å². The molecule has 3 N–H and O–H groups in total. The van der Waals surface area contributed by atoms with Crippen molar-refractivity contribution in [1.29, 1.82) is 0 Å². The minimum absolute atomic E-state index is 0.193. The van der Waals surface area contributed by atoms with E-state index < -0.39 is 12.0 Å². The number of hydrogen-bond acceptors (Lipinski definition) is 4. The van der Waals surface area contributed by atoms with Crippen molar-refractivity contribution >= 4 is 29.1 Å². The van der Waals surface area contributed by atoms with Crippen LogP contribution in [0.2, 0.25) is 0 Å². The van der Waals surface area contributed by atoms with Gasteiger partial charge in [0.05, 0.1) is 4.88 Å². The van der Waals surface area contributed by atoms with E-state index in [0.29, 0.717) is 17.8 Å². The number of carbonyl (C=O) groups is 3. The number of amides is 2. The SMILES string of the molecule is CC(NC(=O)c1cccs1)C(=O)NCCCCCCC(=O)O. The van der Waals surface area contributed by atoms with Gasteiger partial charge in [0.15, 0.2) is 0 Å². The smallest absolute Gasteiger partial charge is 0.303 e. The normalized spacial score (nSPS) is 11.7. The molecular weight excluding hydrogens is 304 g/mol. The maximum Gasteiger partial charge on any atom is 0.303 e. The van der Waals surface area contributed by atoms with Crippen molar-refractivity contribution in [2.24, 2.45) is 0 Å². The summed E-state index contributed by atoms with van der Waals surface area (Å²) in [6, 6.07) is 2.91. The molecule has 0 saturated carbocycles. The Morgan fingerprint density at radius 3 is 2.59 bits per heavy atom. The third-order valence-electron chi connectivity index (χ3n) is 3.10. The fourth-order valence-corrected chi connectivity index (χ4v) is 2.49. The largest absolute Gasteiger partial charge is 0.481 e. The van der Waals surface area contributed by atoms with E-state index in [1.165, 1.54) is 11.3 Å². The summed E-state index contributed by atoms with van der Waals surface area (Å²) >= 11 is 1.33. The van der Waals surface area contributed by atoms with Gasteiger partial charge in [-0.05, 0) is 31.2 Å². The molecule has 0 radical (unpaired) electrons. The number of nitrogens with one attached hydrogen (secondary N) is 2. The molecule has 22 heavy (non-hydrogen) atoms. The lowest BCUT2D eigenvalue weighted by atomic mass is 10.1. The van der Waals surface area contributed by atoms with E-state index in [9.17, 15) is 14.4 Å². The number of carboxylic acids is 1. The number of thiophene rings is 1. The lowest BCUT2D eigenvalue weighted by Gasteiger charge is -2.13. The molecular formula is C15H22N2O4S. The van der Waals surface area contributed by atoms with Crippen LogP contribution in [0.3, 0.4) is 0 Å². The first-order valence-electron chi connectivity index (χ1n) is 7.34. The summed E-state index contributed by atoms with van der Waals surface area (Å²) in [4.78, 5) is 34.5. The molecule has 7 heteroatoms. The van der Waals surface area contributed by atoms with Crippen LogP contribution in [0.25, 0.3) is 0 Å². The first-order valence-corrected chi connectivity index (χ1v) is 8.22. The third-order valence-corrected chi connectivity index (χ3v) is 3.97. The summed E-state index contributed by atoms with van der Waals surface area (Å²) in [6.45, 7) is 2.18. The zero-order valence-electron chi connectivity index (χ0n) is 12.6. The molecule has 0 aliphatic carbocycles. The first kappa shape index (κ1) is 18.2. The summed E-state index contributed by atoms with van der Waals surface area (Å²) in [6.07, 6.45) is 3.38. The van der Waals surface area contributed by atoms with Crippen LogP contribution in [0, 0.1) is 0 Å². The minimum atomic E-state index is -0.774. The molecule has 0 spiro atoms. The summed E-state index contributed by atoms with van der Waals surface area (Å²) in [7, 11) is 0. The third kappa shape index (κ3) is 7.21. The van der Waals surface area contributed by atoms with Crippen LogP contribution in [-0.2, 0) is 9.59 Å². The van der Waals surface area contributed by atoms with Gasteiger partial charge in [-0.15, -0.1) is 11.3 Å². The molecule has 1 aromatic rings. The van der Waals surface area contributed by atoms with Crippen molar-refractivity contribution in [3.63, 3.8) is 0 Å². The predicted octanol–water partition coefficient (Wildman–Crippen LogP) is 2.02. The Morgan fingerprint density at radius 2 is 1.95 bits per heavy atom. The van der Waals surface area contributed by atoms with Crippen molar-refractivity contribution in [1.82, 2.24) is 10.6 Å². The average molecular weight is 326 g/mol. The van der Waals surface area contributed by atoms with Gasteiger partial charge < -0.3 is 15.7 Å². The number of rotatable bonds is 10. The van der Waals surface area contributed by atoms with Crippen molar-refractivity contribution in [2.75, 3.05) is 6.54 Å². The van der Waals surface area contributed by atoms with Gasteiger partial charge in [0, 0.05) is 13.0 Å². The molecule has 6 nitrogen and oxygen atoms in total. The molecule has 1 rings (SSSR count). The quantitative estimate of drug-likeness (QED) is 0.573. The van der Waals surface area contributed by atoms with E-state index in [1.807, 2.05) is 5.38 Å². The zero-order chi connectivity index (χ0) is 16.4. The van der Waals surface area contributed by atoms with Gasteiger partial charge in [-0.25, -0.2) is 0 Å². The fourth-order valence-electron chi connectivity index (χ4n) is 1.86. The Hall–Kier alpha value is -1.89. The Morgan fingerprint density at radius 1 is 1.23 bits per heavy atom. The number of unbranched alkanes of at least 4 members (excludes halogenated alkanes) is 3. The zero-order valence-corrected chi connectivity index (χ0v) is 13.4. The second-order valence-corrected chi connectivity index (χ2v) is 5.97. The Bertz CT molecular complexity index is 488. The van der Waals surface area contributed by atoms with Gasteiger partial charge in [0.2, 0.25) is 5.91 Å². The topological polar surface area (TPSA) is 95.5 Å². The average Bonchev–Trinajstić information content (AvgIpc) is 2.99. The van der Waals surface area contributed by atoms with Gasteiger partial charge in [0.1, 0.15) is 6.04 Å². The predicted molar refractivity (Wildman–Crippen MR) is 85.0 cm³/mol. The monoisotopic (exact) mass is 326 g/mol. The van der Waals surface area contributed by atoms with Gasteiger partial charge in [-0.2, -0.15) is 0 Å². The molecule has 1 atom stereocenters. The van der Waals surface area contributed by atoms with Crippen molar-refractivity contribution < 1.29 is 19.5 Å². The standard InChI is InChI=1S/C15H22N2O4S/c1-11(17-15(21)12-7-6-10-22-12)14(20)16-9-5-3-2-4-8-13(18)19/h6-7,10-11H,2-5,8-9H2,1H3,(H,16,20)(H,17,21)(H,18,19). The molecule has 0 saturated heterocycles. The van der Waals surface area contributed by atoms with Crippen LogP contribution in [0.15, 0.2) is 17.5 Å². The van der Waals surface area contributed by atoms with Crippen molar-refractivity contribution in [3.8, 4) is 0 Å². The maximum atomic E-state index is 11.8. The molecule has 122 valence electrons. The van der Waals surface area contributed by atoms with Crippen molar-refractivity contribution in [3.05, 3.63) is 22.4 Å². The number of hydrogen-bond donors (Lipinski definition) is 3. The molecule has 1 aromatic heterocycles. The summed E-state index contributed by atoms with van der Waals surface area (Å²) in [5.74, 6) is -1.23. The van der Waals surface area contributed by atoms with Crippen LogP contribution in [0.4, 0.5) is 0 Å². The summed E-state index contributed by atoms with van der Waals surface area (Å²) in [5, 5.41) is 15.7. The lowest BCUT2D eigenvalue weighted by Crippen LogP contribution is -2.44. The fraction of sp³-hybridized carbons (Fsp3) is 0.533. The van der Waals surface area contributed by atoms with E-state index in [2.05, 4.69) is 10.6 Å². The van der Waals surface area contributed by atoms with Crippen LogP contribution < -0.4 is 10.6 Å².